The summed E-state index contributed by atoms with van der Waals surface area (Å²) < 4.78 is 0. The third kappa shape index (κ3) is 18.4. The molecule has 0 aliphatic heterocycles. The van der Waals surface area contributed by atoms with E-state index in [9.17, 15) is 14.4 Å². The van der Waals surface area contributed by atoms with Gasteiger partial charge in [-0.1, -0.05) is 42.4 Å². The van der Waals surface area contributed by atoms with E-state index < -0.39 is 23.8 Å². The van der Waals surface area contributed by atoms with Gasteiger partial charge < -0.3 is 11.1 Å². The molecular formula is C23H42N4O3S. The van der Waals surface area contributed by atoms with Crippen LogP contribution in [-0.4, -0.2) is 35.3 Å². The number of hydrazine groups is 1. The van der Waals surface area contributed by atoms with Gasteiger partial charge in [0, 0.05) is 24.3 Å². The maximum atomic E-state index is 11.8. The third-order valence-electron chi connectivity index (χ3n) is 4.35. The lowest BCUT2D eigenvalue weighted by Gasteiger charge is -2.16. The molecule has 0 fully saturated rings. The summed E-state index contributed by atoms with van der Waals surface area (Å²) in [4.78, 5) is 34.4. The number of hydrogen-bond donors (Lipinski definition) is 4. The molecule has 6 N–H and O–H groups in total. The second-order valence-electron chi connectivity index (χ2n) is 7.59. The summed E-state index contributed by atoms with van der Waals surface area (Å²) >= 11 is 1.53. The topological polar surface area (TPSA) is 127 Å². The molecule has 3 amide bonds. The quantitative estimate of drug-likeness (QED) is 0.0990. The van der Waals surface area contributed by atoms with Crippen molar-refractivity contribution in [3.05, 3.63) is 34.9 Å². The molecule has 0 unspecified atom stereocenters. The van der Waals surface area contributed by atoms with Crippen molar-refractivity contribution < 1.29 is 14.4 Å². The Morgan fingerprint density at radius 2 is 1.48 bits per heavy atom. The number of allylic oxidation sites excluding steroid dienone is 5. The van der Waals surface area contributed by atoms with E-state index in [4.69, 9.17) is 11.6 Å². The van der Waals surface area contributed by atoms with Crippen molar-refractivity contribution >= 4 is 29.5 Å². The van der Waals surface area contributed by atoms with Gasteiger partial charge in [0.05, 0.1) is 0 Å². The minimum absolute atomic E-state index is 0. The van der Waals surface area contributed by atoms with Gasteiger partial charge in [-0.25, -0.2) is 5.84 Å². The van der Waals surface area contributed by atoms with Crippen LogP contribution in [0.2, 0.25) is 0 Å². The highest BCUT2D eigenvalue weighted by Crippen LogP contribution is 2.13. The molecule has 0 bridgehead atoms. The number of thioether (sulfide) groups is 1. The fourth-order valence-electron chi connectivity index (χ4n) is 2.51. The van der Waals surface area contributed by atoms with E-state index in [1.807, 2.05) is 0 Å². The molecule has 178 valence electrons. The van der Waals surface area contributed by atoms with Gasteiger partial charge in [-0.2, -0.15) is 11.8 Å². The predicted octanol–water partition coefficient (Wildman–Crippen LogP) is 3.52. The molecule has 0 aliphatic rings. The van der Waals surface area contributed by atoms with Crippen molar-refractivity contribution in [3.8, 4) is 0 Å². The molecule has 0 heterocycles. The van der Waals surface area contributed by atoms with E-state index in [1.165, 1.54) is 28.5 Å². The molecule has 0 aromatic carbocycles. The fraction of sp³-hybridized carbons (Fsp3) is 0.609. The normalized spacial score (nSPS) is 12.4. The van der Waals surface area contributed by atoms with E-state index in [2.05, 4.69) is 56.7 Å². The van der Waals surface area contributed by atoms with Gasteiger partial charge in [-0.15, -0.1) is 0 Å². The number of amides is 3. The molecule has 7 nitrogen and oxygen atoms in total. The van der Waals surface area contributed by atoms with Gasteiger partial charge in [0.2, 0.25) is 11.8 Å². The van der Waals surface area contributed by atoms with Gasteiger partial charge in [0.25, 0.3) is 5.91 Å². The largest absolute Gasteiger partial charge is 0.370 e. The molecule has 0 radical (unpaired) electrons. The summed E-state index contributed by atoms with van der Waals surface area (Å²) in [7, 11) is 0. The Balaban J connectivity index is 0. The molecule has 0 aromatic heterocycles. The van der Waals surface area contributed by atoms with Gasteiger partial charge in [-0.05, 0) is 53.4 Å². The zero-order valence-corrected chi connectivity index (χ0v) is 19.6. The molecule has 8 heteroatoms. The first kappa shape index (κ1) is 31.1. The van der Waals surface area contributed by atoms with Gasteiger partial charge in [0.1, 0.15) is 6.04 Å². The molecular weight excluding hydrogens is 412 g/mol. The van der Waals surface area contributed by atoms with Gasteiger partial charge >= 0.3 is 0 Å². The fourth-order valence-corrected chi connectivity index (χ4v) is 3.52. The number of rotatable bonds is 15. The monoisotopic (exact) mass is 454 g/mol. The highest BCUT2D eigenvalue weighted by Gasteiger charge is 2.19. The van der Waals surface area contributed by atoms with Gasteiger partial charge in [-0.3, -0.25) is 19.8 Å². The average Bonchev–Trinajstić information content (AvgIpc) is 2.67. The Morgan fingerprint density at radius 3 is 2.03 bits per heavy atom. The van der Waals surface area contributed by atoms with Crippen molar-refractivity contribution in [1.82, 2.24) is 10.7 Å². The summed E-state index contributed by atoms with van der Waals surface area (Å²) in [6.07, 6.45) is 10.8. The summed E-state index contributed by atoms with van der Waals surface area (Å²) in [5, 5.41) is 2.59. The Bertz CT molecular complexity index is 653. The lowest BCUT2D eigenvalue weighted by atomic mass is 10.1. The molecule has 0 rings (SSSR count). The van der Waals surface area contributed by atoms with Crippen LogP contribution in [0.5, 0.6) is 0 Å². The van der Waals surface area contributed by atoms with Crippen LogP contribution in [0.25, 0.3) is 0 Å². The molecule has 0 aromatic rings. The van der Waals surface area contributed by atoms with Crippen molar-refractivity contribution in [1.29, 1.82) is 0 Å². The maximum absolute atomic E-state index is 11.8. The summed E-state index contributed by atoms with van der Waals surface area (Å²) in [5.41, 5.74) is 11.2. The van der Waals surface area contributed by atoms with Crippen LogP contribution < -0.4 is 22.3 Å². The number of carbonyl (C=O) groups is 3. The maximum Gasteiger partial charge on any atom is 0.257 e. The van der Waals surface area contributed by atoms with E-state index in [0.29, 0.717) is 5.75 Å². The minimum atomic E-state index is -0.750. The van der Waals surface area contributed by atoms with Crippen LogP contribution >= 0.6 is 11.8 Å². The van der Waals surface area contributed by atoms with E-state index in [-0.39, 0.29) is 20.3 Å². The number of primary amides is 1. The predicted molar refractivity (Wildman–Crippen MR) is 132 cm³/mol. The standard InChI is InChI=1S/C22H38N4O3S.CH4/c1-16(2)7-5-8-17(3)9-6-10-18(4)13-14-30-15-19(22(29)26-24)25-21(28)12-11-20(23)27;/h7,9,13,19H,5-6,8,10-12,14-15,24H2,1-4H3,(H2,23,27)(H,25,28)(H,26,29);1H4/b17-9+,18-13+;/t19-;/m0./s1. The van der Waals surface area contributed by atoms with Crippen molar-refractivity contribution in [3.63, 3.8) is 0 Å². The molecule has 0 saturated carbocycles. The summed E-state index contributed by atoms with van der Waals surface area (Å²) in [6.45, 7) is 8.51. The average molecular weight is 455 g/mol. The number of carbonyl (C=O) groups excluding carboxylic acids is 3. The van der Waals surface area contributed by atoms with Crippen molar-refractivity contribution in [2.45, 2.75) is 79.7 Å². The van der Waals surface area contributed by atoms with Crippen LogP contribution in [0.1, 0.15) is 73.6 Å². The zero-order valence-electron chi connectivity index (χ0n) is 18.8. The number of nitrogens with one attached hydrogen (secondary N) is 2. The van der Waals surface area contributed by atoms with Crippen LogP contribution in [0, 0.1) is 0 Å². The SMILES string of the molecule is C.CC(C)=CCC/C(C)=C/CC/C(C)=C/CSC[C@H](NC(=O)CCC(N)=O)C(=O)NN. The van der Waals surface area contributed by atoms with Crippen LogP contribution in [0.3, 0.4) is 0 Å². The number of nitrogens with two attached hydrogens (primary N) is 2. The first-order valence-corrected chi connectivity index (χ1v) is 11.4. The van der Waals surface area contributed by atoms with E-state index >= 15 is 0 Å². The molecule has 0 saturated heterocycles. The lowest BCUT2D eigenvalue weighted by Crippen LogP contribution is -2.50. The van der Waals surface area contributed by atoms with Crippen LogP contribution in [0.15, 0.2) is 34.9 Å². The smallest absolute Gasteiger partial charge is 0.257 e. The Hall–Kier alpha value is -2.06. The van der Waals surface area contributed by atoms with Gasteiger partial charge in [0.15, 0.2) is 0 Å². The first-order chi connectivity index (χ1) is 14.1. The van der Waals surface area contributed by atoms with Crippen molar-refractivity contribution in [2.24, 2.45) is 11.6 Å². The summed E-state index contributed by atoms with van der Waals surface area (Å²) in [6, 6.07) is -0.750. The molecule has 0 spiro atoms. The minimum Gasteiger partial charge on any atom is -0.370 e. The van der Waals surface area contributed by atoms with E-state index in [1.54, 1.807) is 0 Å². The second-order valence-corrected chi connectivity index (χ2v) is 8.67. The third-order valence-corrected chi connectivity index (χ3v) is 5.32. The first-order valence-electron chi connectivity index (χ1n) is 10.3. The van der Waals surface area contributed by atoms with E-state index in [0.717, 1.165) is 31.4 Å². The van der Waals surface area contributed by atoms with Crippen LogP contribution in [0.4, 0.5) is 0 Å². The zero-order chi connectivity index (χ0) is 22.9. The molecule has 1 atom stereocenters. The Labute approximate surface area is 192 Å². The second kappa shape index (κ2) is 18.7. The highest BCUT2D eigenvalue weighted by molar-refractivity contribution is 7.99. The number of hydrogen-bond acceptors (Lipinski definition) is 5. The Kier molecular flexibility index (Phi) is 18.8. The molecule has 31 heavy (non-hydrogen) atoms. The van der Waals surface area contributed by atoms with Crippen LogP contribution in [-0.2, 0) is 14.4 Å². The highest BCUT2D eigenvalue weighted by atomic mass is 32.2. The molecule has 0 aliphatic carbocycles. The Morgan fingerprint density at radius 1 is 0.903 bits per heavy atom. The van der Waals surface area contributed by atoms with Crippen molar-refractivity contribution in [2.75, 3.05) is 11.5 Å². The summed E-state index contributed by atoms with van der Waals surface area (Å²) in [5.74, 6) is 4.89. The lowest BCUT2D eigenvalue weighted by molar-refractivity contribution is -0.129.